The number of ether oxygens (including phenoxy) is 1. The molecule has 0 saturated carbocycles. The first-order chi connectivity index (χ1) is 15.7. The van der Waals surface area contributed by atoms with Crippen LogP contribution in [-0.4, -0.2) is 20.4 Å². The van der Waals surface area contributed by atoms with Gasteiger partial charge < -0.3 is 9.64 Å². The van der Waals surface area contributed by atoms with E-state index in [4.69, 9.17) is 4.74 Å². The maximum Gasteiger partial charge on any atom is 0.123 e. The monoisotopic (exact) mass is 426 g/mol. The van der Waals surface area contributed by atoms with Crippen LogP contribution in [0.2, 0.25) is 0 Å². The predicted molar refractivity (Wildman–Crippen MR) is 132 cm³/mol. The van der Waals surface area contributed by atoms with Crippen molar-refractivity contribution < 1.29 is 9.13 Å². The van der Waals surface area contributed by atoms with Crippen molar-refractivity contribution in [3.63, 3.8) is 0 Å². The van der Waals surface area contributed by atoms with Crippen molar-refractivity contribution in [1.29, 1.82) is 0 Å². The van der Waals surface area contributed by atoms with Gasteiger partial charge in [0.1, 0.15) is 11.6 Å². The van der Waals surface area contributed by atoms with Gasteiger partial charge in [-0.05, 0) is 90.1 Å². The zero-order valence-corrected chi connectivity index (χ0v) is 18.5. The van der Waals surface area contributed by atoms with Gasteiger partial charge in [0, 0.05) is 30.8 Å². The van der Waals surface area contributed by atoms with E-state index in [9.17, 15) is 4.39 Å². The minimum Gasteiger partial charge on any atom is -0.497 e. The van der Waals surface area contributed by atoms with Gasteiger partial charge in [-0.3, -0.25) is 4.99 Å². The Labute approximate surface area is 189 Å². The fourth-order valence-electron chi connectivity index (χ4n) is 3.91. The normalized spacial score (nSPS) is 13.5. The minimum atomic E-state index is -0.205. The molecular formula is C28H27FN2O. The quantitative estimate of drug-likeness (QED) is 0.390. The molecule has 32 heavy (non-hydrogen) atoms. The molecule has 4 heteroatoms. The second-order valence-corrected chi connectivity index (χ2v) is 7.73. The minimum absolute atomic E-state index is 0.205. The highest BCUT2D eigenvalue weighted by Gasteiger charge is 2.16. The summed E-state index contributed by atoms with van der Waals surface area (Å²) in [5.41, 5.74) is 7.04. The molecule has 3 aromatic carbocycles. The summed E-state index contributed by atoms with van der Waals surface area (Å²) in [6.45, 7) is 0. The summed E-state index contributed by atoms with van der Waals surface area (Å²) in [6.07, 6.45) is 10.8. The number of fused-ring (bicyclic) bond motifs is 1. The third-order valence-electron chi connectivity index (χ3n) is 5.68. The van der Waals surface area contributed by atoms with Crippen LogP contribution >= 0.6 is 0 Å². The van der Waals surface area contributed by atoms with Crippen molar-refractivity contribution in [1.82, 2.24) is 0 Å². The Balaban J connectivity index is 1.63. The van der Waals surface area contributed by atoms with Crippen LogP contribution in [0.5, 0.6) is 5.75 Å². The molecule has 0 radical (unpaired) electrons. The number of nitrogens with zero attached hydrogens (tertiary/aromatic N) is 2. The van der Waals surface area contributed by atoms with E-state index in [0.717, 1.165) is 36.3 Å². The Hall–Kier alpha value is -3.66. The Morgan fingerprint density at radius 1 is 1.06 bits per heavy atom. The molecule has 3 nitrogen and oxygen atoms in total. The first kappa shape index (κ1) is 21.6. The van der Waals surface area contributed by atoms with Gasteiger partial charge >= 0.3 is 0 Å². The van der Waals surface area contributed by atoms with Gasteiger partial charge in [0.15, 0.2) is 0 Å². The lowest BCUT2D eigenvalue weighted by atomic mass is 9.94. The summed E-state index contributed by atoms with van der Waals surface area (Å²) < 4.78 is 18.6. The molecule has 0 saturated heterocycles. The van der Waals surface area contributed by atoms with Crippen LogP contribution in [0.1, 0.15) is 23.1 Å². The number of hydrogen-bond donors (Lipinski definition) is 0. The first-order valence-corrected chi connectivity index (χ1v) is 10.8. The molecule has 1 heterocycles. The van der Waals surface area contributed by atoms with Crippen molar-refractivity contribution >= 4 is 23.2 Å². The van der Waals surface area contributed by atoms with E-state index in [-0.39, 0.29) is 5.82 Å². The summed E-state index contributed by atoms with van der Waals surface area (Å²) in [5, 5.41) is 0. The maximum atomic E-state index is 13.3. The summed E-state index contributed by atoms with van der Waals surface area (Å²) in [4.78, 5) is 6.37. The van der Waals surface area contributed by atoms with Gasteiger partial charge in [-0.1, -0.05) is 30.3 Å². The molecular weight excluding hydrogens is 399 g/mol. The van der Waals surface area contributed by atoms with E-state index in [2.05, 4.69) is 58.6 Å². The van der Waals surface area contributed by atoms with Crippen LogP contribution in [-0.2, 0) is 12.8 Å². The fourth-order valence-corrected chi connectivity index (χ4v) is 3.91. The molecule has 1 aliphatic heterocycles. The third kappa shape index (κ3) is 4.97. The van der Waals surface area contributed by atoms with Crippen molar-refractivity contribution in [3.8, 4) is 5.75 Å². The van der Waals surface area contributed by atoms with Crippen molar-refractivity contribution in [2.75, 3.05) is 19.1 Å². The van der Waals surface area contributed by atoms with E-state index in [0.29, 0.717) is 0 Å². The van der Waals surface area contributed by atoms with E-state index < -0.39 is 0 Å². The number of methoxy groups -OCH3 is 1. The van der Waals surface area contributed by atoms with Gasteiger partial charge in [-0.2, -0.15) is 0 Å². The molecule has 3 aromatic rings. The highest BCUT2D eigenvalue weighted by molar-refractivity contribution is 5.86. The number of anilines is 2. The zero-order valence-electron chi connectivity index (χ0n) is 18.5. The second-order valence-electron chi connectivity index (χ2n) is 7.73. The molecule has 1 aliphatic rings. The fraction of sp³-hybridized carbons (Fsp3) is 0.179. The van der Waals surface area contributed by atoms with E-state index >= 15 is 0 Å². The van der Waals surface area contributed by atoms with Gasteiger partial charge in [0.2, 0.25) is 0 Å². The van der Waals surface area contributed by atoms with Crippen LogP contribution in [0, 0.1) is 5.82 Å². The molecule has 0 amide bonds. The molecule has 4 rings (SSSR count). The molecule has 0 spiro atoms. The van der Waals surface area contributed by atoms with Crippen molar-refractivity contribution in [2.45, 2.75) is 19.3 Å². The third-order valence-corrected chi connectivity index (χ3v) is 5.68. The summed E-state index contributed by atoms with van der Waals surface area (Å²) in [6, 6.07) is 21.5. The van der Waals surface area contributed by atoms with E-state index in [1.807, 2.05) is 30.5 Å². The number of benzene rings is 3. The summed E-state index contributed by atoms with van der Waals surface area (Å²) >= 11 is 0. The summed E-state index contributed by atoms with van der Waals surface area (Å²) in [7, 11) is 3.45. The number of allylic oxidation sites excluding steroid dienone is 3. The number of hydrogen-bond acceptors (Lipinski definition) is 3. The summed E-state index contributed by atoms with van der Waals surface area (Å²) in [5.74, 6) is 0.637. The molecule has 0 bridgehead atoms. The molecule has 0 fully saturated rings. The topological polar surface area (TPSA) is 24.8 Å². The van der Waals surface area contributed by atoms with Crippen LogP contribution in [0.4, 0.5) is 15.8 Å². The van der Waals surface area contributed by atoms with Gasteiger partial charge in [0.05, 0.1) is 7.11 Å². The SMILES string of the molecule is CN=C/C=C(\CCc1ccc(F)cc1)c1ccc2c(c1)N(c1ccc(OC)cc1)C=CC2. The van der Waals surface area contributed by atoms with Crippen LogP contribution in [0.3, 0.4) is 0 Å². The number of halogens is 1. The molecule has 162 valence electrons. The molecule has 0 N–H and O–H groups in total. The lowest BCUT2D eigenvalue weighted by Crippen LogP contribution is -2.14. The average Bonchev–Trinajstić information content (AvgIpc) is 2.84. The zero-order chi connectivity index (χ0) is 22.3. The van der Waals surface area contributed by atoms with E-state index in [1.54, 1.807) is 14.2 Å². The van der Waals surface area contributed by atoms with E-state index in [1.165, 1.54) is 34.5 Å². The van der Waals surface area contributed by atoms with Crippen LogP contribution in [0.25, 0.3) is 5.57 Å². The lowest BCUT2D eigenvalue weighted by Gasteiger charge is -2.27. The predicted octanol–water partition coefficient (Wildman–Crippen LogP) is 6.76. The highest BCUT2D eigenvalue weighted by Crippen LogP contribution is 2.36. The first-order valence-electron chi connectivity index (χ1n) is 10.8. The Morgan fingerprint density at radius 3 is 2.56 bits per heavy atom. The largest absolute Gasteiger partial charge is 0.497 e. The van der Waals surface area contributed by atoms with Crippen molar-refractivity contribution in [3.05, 3.63) is 108 Å². The Bertz CT molecular complexity index is 1150. The number of rotatable bonds is 7. The number of aliphatic imine (C=N–C) groups is 1. The molecule has 0 aromatic heterocycles. The van der Waals surface area contributed by atoms with Gasteiger partial charge in [0.25, 0.3) is 0 Å². The molecule has 0 aliphatic carbocycles. The molecule has 0 unspecified atom stereocenters. The standard InChI is InChI=1S/C28H27FN2O/c1-30-18-17-22(8-5-21-6-11-25(29)12-7-21)24-10-9-23-4-3-19-31(28(23)20-24)26-13-15-27(32-2)16-14-26/h3,6-7,9-20H,4-5,8H2,1-2H3/b22-17+,30-18?. The van der Waals surface area contributed by atoms with Crippen LogP contribution < -0.4 is 9.64 Å². The van der Waals surface area contributed by atoms with Gasteiger partial charge in [-0.25, -0.2) is 4.39 Å². The highest BCUT2D eigenvalue weighted by atomic mass is 19.1. The van der Waals surface area contributed by atoms with Gasteiger partial charge in [-0.15, -0.1) is 0 Å². The lowest BCUT2D eigenvalue weighted by molar-refractivity contribution is 0.415. The average molecular weight is 427 g/mol. The second kappa shape index (κ2) is 10.1. The maximum absolute atomic E-state index is 13.3. The van der Waals surface area contributed by atoms with Crippen molar-refractivity contribution in [2.24, 2.45) is 4.99 Å². The Kier molecular flexibility index (Phi) is 6.81. The molecule has 0 atom stereocenters. The Morgan fingerprint density at radius 2 is 1.84 bits per heavy atom. The van der Waals surface area contributed by atoms with Crippen LogP contribution in [0.15, 0.2) is 90.1 Å². The smallest absolute Gasteiger partial charge is 0.123 e. The number of aryl methyl sites for hydroxylation is 1.